The highest BCUT2D eigenvalue weighted by Crippen LogP contribution is 2.10. The molecule has 0 saturated heterocycles. The Hall–Kier alpha value is -1.46. The number of hydrogen-bond donors (Lipinski definition) is 2. The van der Waals surface area contributed by atoms with Crippen LogP contribution < -0.4 is 5.73 Å². The summed E-state index contributed by atoms with van der Waals surface area (Å²) in [5, 5.41) is 8.88. The average molecular weight is 294 g/mol. The molecule has 0 aliphatic carbocycles. The summed E-state index contributed by atoms with van der Waals surface area (Å²) in [4.78, 5) is 13.6. The minimum absolute atomic E-state index is 0.312. The highest BCUT2D eigenvalue weighted by molar-refractivity contribution is 7.80. The third-order valence-electron chi connectivity index (χ3n) is 2.90. The zero-order chi connectivity index (χ0) is 15.1. The third kappa shape index (κ3) is 6.12. The first-order chi connectivity index (χ1) is 9.38. The van der Waals surface area contributed by atoms with E-state index in [9.17, 15) is 4.79 Å². The maximum Gasteiger partial charge on any atom is 0.335 e. The molecule has 1 rings (SSSR count). The number of rotatable bonds is 8. The second kappa shape index (κ2) is 7.97. The molecular formula is C15H22N2O2S. The van der Waals surface area contributed by atoms with Crippen LogP contribution >= 0.6 is 12.2 Å². The van der Waals surface area contributed by atoms with E-state index >= 15 is 0 Å². The number of carbonyl (C=O) groups is 1. The topological polar surface area (TPSA) is 66.6 Å². The zero-order valence-corrected chi connectivity index (χ0v) is 12.8. The van der Waals surface area contributed by atoms with Gasteiger partial charge in [-0.2, -0.15) is 0 Å². The Balaban J connectivity index is 2.67. The second-order valence-electron chi connectivity index (χ2n) is 5.35. The van der Waals surface area contributed by atoms with Crippen LogP contribution in [0, 0.1) is 5.92 Å². The third-order valence-corrected chi connectivity index (χ3v) is 3.11. The van der Waals surface area contributed by atoms with E-state index in [-0.39, 0.29) is 0 Å². The van der Waals surface area contributed by atoms with Crippen molar-refractivity contribution < 1.29 is 9.90 Å². The number of benzene rings is 1. The van der Waals surface area contributed by atoms with Crippen LogP contribution in [-0.2, 0) is 6.54 Å². The summed E-state index contributed by atoms with van der Waals surface area (Å²) >= 11 is 4.92. The van der Waals surface area contributed by atoms with Crippen molar-refractivity contribution in [1.29, 1.82) is 0 Å². The predicted molar refractivity (Wildman–Crippen MR) is 84.9 cm³/mol. The van der Waals surface area contributed by atoms with Gasteiger partial charge in [-0.25, -0.2) is 4.79 Å². The Morgan fingerprint density at radius 1 is 1.35 bits per heavy atom. The molecule has 4 nitrogen and oxygen atoms in total. The molecule has 0 heterocycles. The Kier molecular flexibility index (Phi) is 6.61. The predicted octanol–water partition coefficient (Wildman–Crippen LogP) is 2.52. The van der Waals surface area contributed by atoms with Crippen LogP contribution in [0.1, 0.15) is 36.2 Å². The van der Waals surface area contributed by atoms with Gasteiger partial charge >= 0.3 is 5.97 Å². The molecule has 3 N–H and O–H groups in total. The normalized spacial score (nSPS) is 11.0. The molecule has 0 amide bonds. The number of nitrogens with zero attached hydrogens (tertiary/aromatic N) is 1. The molecule has 0 bridgehead atoms. The fourth-order valence-corrected chi connectivity index (χ4v) is 2.12. The number of hydrogen-bond acceptors (Lipinski definition) is 3. The molecule has 0 unspecified atom stereocenters. The Bertz CT molecular complexity index is 457. The molecule has 20 heavy (non-hydrogen) atoms. The molecule has 1 aromatic rings. The lowest BCUT2D eigenvalue weighted by atomic mass is 10.1. The van der Waals surface area contributed by atoms with Gasteiger partial charge in [0.2, 0.25) is 0 Å². The molecule has 0 saturated carbocycles. The maximum atomic E-state index is 10.8. The quantitative estimate of drug-likeness (QED) is 0.721. The minimum Gasteiger partial charge on any atom is -0.478 e. The summed E-state index contributed by atoms with van der Waals surface area (Å²) in [6.07, 6.45) is 0.704. The average Bonchev–Trinajstić information content (AvgIpc) is 2.36. The van der Waals surface area contributed by atoms with Gasteiger partial charge in [0, 0.05) is 26.1 Å². The van der Waals surface area contributed by atoms with Crippen molar-refractivity contribution in [3.63, 3.8) is 0 Å². The molecule has 1 aromatic carbocycles. The Labute approximate surface area is 125 Å². The Morgan fingerprint density at radius 2 is 1.95 bits per heavy atom. The van der Waals surface area contributed by atoms with Gasteiger partial charge in [0.15, 0.2) is 0 Å². The highest BCUT2D eigenvalue weighted by atomic mass is 32.1. The van der Waals surface area contributed by atoms with E-state index in [4.69, 9.17) is 23.1 Å². The van der Waals surface area contributed by atoms with Crippen LogP contribution in [-0.4, -0.2) is 34.1 Å². The molecule has 0 aliphatic heterocycles. The zero-order valence-electron chi connectivity index (χ0n) is 12.0. The minimum atomic E-state index is -0.899. The summed E-state index contributed by atoms with van der Waals surface area (Å²) in [6.45, 7) is 6.90. The van der Waals surface area contributed by atoms with E-state index in [1.54, 1.807) is 12.1 Å². The highest BCUT2D eigenvalue weighted by Gasteiger charge is 2.09. The van der Waals surface area contributed by atoms with Gasteiger partial charge in [0.1, 0.15) is 0 Å². The molecule has 5 heteroatoms. The molecule has 0 spiro atoms. The van der Waals surface area contributed by atoms with Gasteiger partial charge in [-0.1, -0.05) is 38.2 Å². The van der Waals surface area contributed by atoms with Gasteiger partial charge < -0.3 is 10.8 Å². The summed E-state index contributed by atoms with van der Waals surface area (Å²) in [5.74, 6) is -0.344. The van der Waals surface area contributed by atoms with E-state index < -0.39 is 5.97 Å². The number of carboxylic acids is 1. The van der Waals surface area contributed by atoms with E-state index in [0.717, 1.165) is 25.2 Å². The SMILES string of the molecule is CC(C)CN(CCC(N)=S)Cc1ccc(C(=O)O)cc1. The molecular weight excluding hydrogens is 272 g/mol. The first kappa shape index (κ1) is 16.6. The van der Waals surface area contributed by atoms with Crippen molar-refractivity contribution in [1.82, 2.24) is 4.90 Å². The Morgan fingerprint density at radius 3 is 2.40 bits per heavy atom. The largest absolute Gasteiger partial charge is 0.478 e. The van der Waals surface area contributed by atoms with Crippen molar-refractivity contribution in [2.75, 3.05) is 13.1 Å². The number of aromatic carboxylic acids is 1. The van der Waals surface area contributed by atoms with Crippen LogP contribution in [0.15, 0.2) is 24.3 Å². The van der Waals surface area contributed by atoms with E-state index in [1.807, 2.05) is 12.1 Å². The van der Waals surface area contributed by atoms with Crippen molar-refractivity contribution >= 4 is 23.2 Å². The molecule has 0 radical (unpaired) electrons. The summed E-state index contributed by atoms with van der Waals surface area (Å²) in [5.41, 5.74) is 6.97. The number of thiocarbonyl (C=S) groups is 1. The number of nitrogens with two attached hydrogens (primary N) is 1. The van der Waals surface area contributed by atoms with Crippen molar-refractivity contribution in [3.8, 4) is 0 Å². The smallest absolute Gasteiger partial charge is 0.335 e. The van der Waals surface area contributed by atoms with Gasteiger partial charge in [-0.3, -0.25) is 4.90 Å². The molecule has 0 fully saturated rings. The lowest BCUT2D eigenvalue weighted by molar-refractivity contribution is 0.0697. The van der Waals surface area contributed by atoms with Crippen LogP contribution in [0.3, 0.4) is 0 Å². The lowest BCUT2D eigenvalue weighted by Crippen LogP contribution is -2.30. The van der Waals surface area contributed by atoms with Crippen molar-refractivity contribution in [2.45, 2.75) is 26.8 Å². The van der Waals surface area contributed by atoms with E-state index in [0.29, 0.717) is 22.9 Å². The van der Waals surface area contributed by atoms with Crippen LogP contribution in [0.4, 0.5) is 0 Å². The summed E-state index contributed by atoms with van der Waals surface area (Å²) < 4.78 is 0. The van der Waals surface area contributed by atoms with Crippen LogP contribution in [0.25, 0.3) is 0 Å². The van der Waals surface area contributed by atoms with Gasteiger partial charge in [-0.15, -0.1) is 0 Å². The van der Waals surface area contributed by atoms with Crippen molar-refractivity contribution in [2.24, 2.45) is 11.7 Å². The molecule has 0 atom stereocenters. The second-order valence-corrected chi connectivity index (χ2v) is 5.87. The first-order valence-corrected chi connectivity index (χ1v) is 7.12. The first-order valence-electron chi connectivity index (χ1n) is 6.71. The molecule has 110 valence electrons. The summed E-state index contributed by atoms with van der Waals surface area (Å²) in [6, 6.07) is 6.99. The van der Waals surface area contributed by atoms with E-state index in [2.05, 4.69) is 18.7 Å². The standard InChI is InChI=1S/C15H22N2O2S/c1-11(2)9-17(8-7-14(16)20)10-12-3-5-13(6-4-12)15(18)19/h3-6,11H,7-10H2,1-2H3,(H2,16,20)(H,18,19). The van der Waals surface area contributed by atoms with Crippen LogP contribution in [0.5, 0.6) is 0 Å². The fraction of sp³-hybridized carbons (Fsp3) is 0.467. The lowest BCUT2D eigenvalue weighted by Gasteiger charge is -2.24. The summed E-state index contributed by atoms with van der Waals surface area (Å²) in [7, 11) is 0. The molecule has 0 aliphatic rings. The number of carboxylic acid groups (broad SMARTS) is 1. The molecule has 0 aromatic heterocycles. The van der Waals surface area contributed by atoms with Crippen molar-refractivity contribution in [3.05, 3.63) is 35.4 Å². The fourth-order valence-electron chi connectivity index (χ4n) is 2.03. The maximum absolute atomic E-state index is 10.8. The van der Waals surface area contributed by atoms with Gasteiger partial charge in [-0.05, 0) is 23.6 Å². The van der Waals surface area contributed by atoms with Gasteiger partial charge in [0.25, 0.3) is 0 Å². The monoisotopic (exact) mass is 294 g/mol. The van der Waals surface area contributed by atoms with Gasteiger partial charge in [0.05, 0.1) is 10.6 Å². The van der Waals surface area contributed by atoms with E-state index in [1.165, 1.54) is 0 Å². The van der Waals surface area contributed by atoms with Crippen LogP contribution in [0.2, 0.25) is 0 Å².